The third-order valence-corrected chi connectivity index (χ3v) is 3.63. The van der Waals surface area contributed by atoms with Gasteiger partial charge in [-0.2, -0.15) is 0 Å². The Hall–Kier alpha value is -1.30. The van der Waals surface area contributed by atoms with Gasteiger partial charge in [0.05, 0.1) is 11.4 Å². The van der Waals surface area contributed by atoms with E-state index in [1.165, 1.54) is 6.92 Å². The van der Waals surface area contributed by atoms with Gasteiger partial charge in [-0.1, -0.05) is 11.6 Å². The standard InChI is InChI=1S/C14H18ClN3O2.ClH/c1-8(19)17-12-5-3-10(15)7-13(12)18-14(20)9-2-4-11(16)6-9;/h3,5,7,9,11H,2,4,6,16H2,1H3,(H,17,19)(H,18,20);1H. The Labute approximate surface area is 135 Å². The third kappa shape index (κ3) is 4.88. The molecule has 0 spiro atoms. The highest BCUT2D eigenvalue weighted by atomic mass is 35.5. The van der Waals surface area contributed by atoms with Gasteiger partial charge < -0.3 is 16.4 Å². The molecule has 0 heterocycles. The van der Waals surface area contributed by atoms with E-state index in [0.29, 0.717) is 22.8 Å². The number of hydrogen-bond acceptors (Lipinski definition) is 3. The number of nitrogens with two attached hydrogens (primary N) is 1. The number of hydrogen-bond donors (Lipinski definition) is 3. The first-order valence-electron chi connectivity index (χ1n) is 6.59. The van der Waals surface area contributed by atoms with Gasteiger partial charge in [0.15, 0.2) is 0 Å². The van der Waals surface area contributed by atoms with Gasteiger partial charge >= 0.3 is 0 Å². The number of anilines is 2. The monoisotopic (exact) mass is 331 g/mol. The molecular weight excluding hydrogens is 313 g/mol. The Bertz CT molecular complexity index is 537. The quantitative estimate of drug-likeness (QED) is 0.796. The van der Waals surface area contributed by atoms with E-state index < -0.39 is 0 Å². The largest absolute Gasteiger partial charge is 0.328 e. The van der Waals surface area contributed by atoms with Gasteiger partial charge in [0, 0.05) is 23.9 Å². The number of amides is 2. The Morgan fingerprint density at radius 3 is 2.52 bits per heavy atom. The van der Waals surface area contributed by atoms with Crippen LogP contribution in [0.4, 0.5) is 11.4 Å². The smallest absolute Gasteiger partial charge is 0.227 e. The minimum absolute atomic E-state index is 0. The second kappa shape index (κ2) is 7.64. The van der Waals surface area contributed by atoms with Gasteiger partial charge in [-0.05, 0) is 37.5 Å². The molecule has 7 heteroatoms. The third-order valence-electron chi connectivity index (χ3n) is 3.39. The molecule has 0 aromatic heterocycles. The summed E-state index contributed by atoms with van der Waals surface area (Å²) in [6, 6.07) is 5.05. The van der Waals surface area contributed by atoms with Gasteiger partial charge in [-0.15, -0.1) is 12.4 Å². The summed E-state index contributed by atoms with van der Waals surface area (Å²) in [4.78, 5) is 23.3. The minimum atomic E-state index is -0.203. The molecule has 0 radical (unpaired) electrons. The fourth-order valence-corrected chi connectivity index (χ4v) is 2.58. The van der Waals surface area contributed by atoms with Crippen LogP contribution in [-0.4, -0.2) is 17.9 Å². The van der Waals surface area contributed by atoms with Gasteiger partial charge in [0.25, 0.3) is 0 Å². The number of carbonyl (C=O) groups excluding carboxylic acids is 2. The predicted octanol–water partition coefficient (Wildman–Crippen LogP) is 2.79. The van der Waals surface area contributed by atoms with Crippen molar-refractivity contribution in [1.29, 1.82) is 0 Å². The number of rotatable bonds is 3. The molecule has 2 unspecified atom stereocenters. The molecule has 1 aromatic rings. The predicted molar refractivity (Wildman–Crippen MR) is 86.9 cm³/mol. The molecule has 0 aliphatic heterocycles. The van der Waals surface area contributed by atoms with Crippen LogP contribution >= 0.6 is 24.0 Å². The highest BCUT2D eigenvalue weighted by Crippen LogP contribution is 2.29. The zero-order chi connectivity index (χ0) is 14.7. The fraction of sp³-hybridized carbons (Fsp3) is 0.429. The molecule has 2 amide bonds. The Morgan fingerprint density at radius 1 is 1.24 bits per heavy atom. The van der Waals surface area contributed by atoms with E-state index in [1.807, 2.05) is 0 Å². The normalized spacial score (nSPS) is 20.5. The molecule has 5 nitrogen and oxygen atoms in total. The number of benzene rings is 1. The lowest BCUT2D eigenvalue weighted by Crippen LogP contribution is -2.24. The Balaban J connectivity index is 0.00000220. The van der Waals surface area contributed by atoms with Crippen molar-refractivity contribution in [1.82, 2.24) is 0 Å². The molecule has 2 atom stereocenters. The van der Waals surface area contributed by atoms with Crippen LogP contribution in [-0.2, 0) is 9.59 Å². The first kappa shape index (κ1) is 17.8. The van der Waals surface area contributed by atoms with Crippen molar-refractivity contribution in [2.24, 2.45) is 11.7 Å². The van der Waals surface area contributed by atoms with E-state index in [2.05, 4.69) is 10.6 Å². The average molecular weight is 332 g/mol. The summed E-state index contributed by atoms with van der Waals surface area (Å²) in [7, 11) is 0. The molecule has 1 aliphatic carbocycles. The molecule has 2 rings (SSSR count). The number of halogens is 2. The average Bonchev–Trinajstić information content (AvgIpc) is 2.79. The van der Waals surface area contributed by atoms with Crippen molar-refractivity contribution >= 4 is 47.2 Å². The van der Waals surface area contributed by atoms with Crippen molar-refractivity contribution in [3.8, 4) is 0 Å². The summed E-state index contributed by atoms with van der Waals surface area (Å²) in [6.07, 6.45) is 2.36. The number of nitrogens with one attached hydrogen (secondary N) is 2. The van der Waals surface area contributed by atoms with Crippen molar-refractivity contribution in [2.45, 2.75) is 32.2 Å². The zero-order valence-corrected chi connectivity index (χ0v) is 13.3. The lowest BCUT2D eigenvalue weighted by atomic mass is 10.1. The van der Waals surface area contributed by atoms with Crippen LogP contribution in [0.1, 0.15) is 26.2 Å². The van der Waals surface area contributed by atoms with Gasteiger partial charge in [-0.25, -0.2) is 0 Å². The molecule has 0 saturated heterocycles. The summed E-state index contributed by atoms with van der Waals surface area (Å²) >= 11 is 5.94. The van der Waals surface area contributed by atoms with Gasteiger partial charge in [0.1, 0.15) is 0 Å². The second-order valence-corrected chi connectivity index (χ2v) is 5.57. The van der Waals surface area contributed by atoms with Crippen molar-refractivity contribution < 1.29 is 9.59 Å². The molecular formula is C14H19Cl2N3O2. The molecule has 0 bridgehead atoms. The topological polar surface area (TPSA) is 84.2 Å². The maximum absolute atomic E-state index is 12.2. The van der Waals surface area contributed by atoms with E-state index in [0.717, 1.165) is 12.8 Å². The molecule has 1 aliphatic rings. The lowest BCUT2D eigenvalue weighted by molar-refractivity contribution is -0.119. The summed E-state index contributed by atoms with van der Waals surface area (Å²) in [5, 5.41) is 5.99. The van der Waals surface area contributed by atoms with Crippen LogP contribution in [0.3, 0.4) is 0 Å². The maximum atomic E-state index is 12.2. The molecule has 1 saturated carbocycles. The van der Waals surface area contributed by atoms with Crippen molar-refractivity contribution in [3.63, 3.8) is 0 Å². The van der Waals surface area contributed by atoms with E-state index in [9.17, 15) is 9.59 Å². The van der Waals surface area contributed by atoms with Crippen LogP contribution in [0.5, 0.6) is 0 Å². The lowest BCUT2D eigenvalue weighted by Gasteiger charge is -2.14. The summed E-state index contributed by atoms with van der Waals surface area (Å²) < 4.78 is 0. The van der Waals surface area contributed by atoms with E-state index >= 15 is 0 Å². The summed E-state index contributed by atoms with van der Waals surface area (Å²) in [5.74, 6) is -0.355. The first-order chi connectivity index (χ1) is 9.45. The van der Waals surface area contributed by atoms with Gasteiger partial charge in [-0.3, -0.25) is 9.59 Å². The van der Waals surface area contributed by atoms with Crippen molar-refractivity contribution in [3.05, 3.63) is 23.2 Å². The van der Waals surface area contributed by atoms with Crippen LogP contribution in [0.15, 0.2) is 18.2 Å². The number of carbonyl (C=O) groups is 2. The molecule has 1 fully saturated rings. The maximum Gasteiger partial charge on any atom is 0.227 e. The highest BCUT2D eigenvalue weighted by Gasteiger charge is 2.28. The summed E-state index contributed by atoms with van der Waals surface area (Å²) in [5.41, 5.74) is 6.87. The molecule has 21 heavy (non-hydrogen) atoms. The van der Waals surface area contributed by atoms with Gasteiger partial charge in [0.2, 0.25) is 11.8 Å². The molecule has 116 valence electrons. The van der Waals surface area contributed by atoms with Crippen LogP contribution in [0.2, 0.25) is 5.02 Å². The van der Waals surface area contributed by atoms with E-state index in [4.69, 9.17) is 17.3 Å². The van der Waals surface area contributed by atoms with E-state index in [-0.39, 0.29) is 36.2 Å². The van der Waals surface area contributed by atoms with Crippen LogP contribution in [0.25, 0.3) is 0 Å². The Morgan fingerprint density at radius 2 is 1.95 bits per heavy atom. The fourth-order valence-electron chi connectivity index (χ4n) is 2.41. The van der Waals surface area contributed by atoms with Crippen LogP contribution < -0.4 is 16.4 Å². The minimum Gasteiger partial charge on any atom is -0.328 e. The molecule has 4 N–H and O–H groups in total. The van der Waals surface area contributed by atoms with Crippen LogP contribution in [0, 0.1) is 5.92 Å². The van der Waals surface area contributed by atoms with Crippen molar-refractivity contribution in [2.75, 3.05) is 10.6 Å². The van der Waals surface area contributed by atoms with E-state index in [1.54, 1.807) is 18.2 Å². The zero-order valence-electron chi connectivity index (χ0n) is 11.7. The highest BCUT2D eigenvalue weighted by molar-refractivity contribution is 6.31. The SMILES string of the molecule is CC(=O)Nc1ccc(Cl)cc1NC(=O)C1CCC(N)C1.Cl. The summed E-state index contributed by atoms with van der Waals surface area (Å²) in [6.45, 7) is 1.41. The second-order valence-electron chi connectivity index (χ2n) is 5.13. The first-order valence-corrected chi connectivity index (χ1v) is 6.97. The molecule has 1 aromatic carbocycles. The Kier molecular flexibility index (Phi) is 6.45.